The number of nitrogens with one attached hydrogen (secondary N) is 1. The molecule has 1 aromatic heterocycles. The van der Waals surface area contributed by atoms with Crippen LogP contribution in [0.2, 0.25) is 5.15 Å². The summed E-state index contributed by atoms with van der Waals surface area (Å²) in [6.45, 7) is 3.42. The summed E-state index contributed by atoms with van der Waals surface area (Å²) in [6, 6.07) is 5.97. The molecule has 2 aromatic rings. The zero-order valence-electron chi connectivity index (χ0n) is 10.9. The Balaban J connectivity index is 2.37. The molecule has 0 aliphatic rings. The minimum absolute atomic E-state index is 0.0653. The van der Waals surface area contributed by atoms with Crippen molar-refractivity contribution < 1.29 is 8.42 Å². The van der Waals surface area contributed by atoms with Crippen molar-refractivity contribution in [2.24, 2.45) is 0 Å². The van der Waals surface area contributed by atoms with E-state index in [0.29, 0.717) is 16.9 Å². The smallest absolute Gasteiger partial charge is 0.264 e. The van der Waals surface area contributed by atoms with Gasteiger partial charge in [-0.1, -0.05) is 11.6 Å². The molecule has 8 heteroatoms. The molecule has 1 aromatic carbocycles. The molecule has 0 saturated carbocycles. The van der Waals surface area contributed by atoms with Gasteiger partial charge in [0.1, 0.15) is 5.15 Å². The number of hydrogen-bond donors (Lipinski definition) is 2. The molecule has 3 N–H and O–H groups in total. The number of sulfonamides is 1. The number of aromatic nitrogens is 2. The van der Waals surface area contributed by atoms with Gasteiger partial charge >= 0.3 is 0 Å². The Morgan fingerprint density at radius 3 is 2.50 bits per heavy atom. The minimum Gasteiger partial charge on any atom is -0.399 e. The summed E-state index contributed by atoms with van der Waals surface area (Å²) in [7, 11) is -3.78. The van der Waals surface area contributed by atoms with Crippen molar-refractivity contribution in [3.63, 3.8) is 0 Å². The molecule has 0 fully saturated rings. The minimum atomic E-state index is -3.78. The van der Waals surface area contributed by atoms with Crippen LogP contribution in [0.5, 0.6) is 0 Å². The van der Waals surface area contributed by atoms with Gasteiger partial charge in [0.25, 0.3) is 10.0 Å². The van der Waals surface area contributed by atoms with Crippen molar-refractivity contribution in [3.8, 4) is 0 Å². The van der Waals surface area contributed by atoms with E-state index in [-0.39, 0.29) is 16.0 Å². The maximum absolute atomic E-state index is 12.2. The van der Waals surface area contributed by atoms with Crippen LogP contribution < -0.4 is 10.5 Å². The molecule has 0 unspecified atom stereocenters. The maximum atomic E-state index is 12.2. The fourth-order valence-corrected chi connectivity index (χ4v) is 2.84. The van der Waals surface area contributed by atoms with E-state index < -0.39 is 10.0 Å². The summed E-state index contributed by atoms with van der Waals surface area (Å²) < 4.78 is 26.7. The molecule has 0 bridgehead atoms. The lowest BCUT2D eigenvalue weighted by Gasteiger charge is -2.09. The molecule has 6 nitrogen and oxygen atoms in total. The number of rotatable bonds is 3. The Hall–Kier alpha value is -1.86. The molecule has 0 amide bonds. The van der Waals surface area contributed by atoms with Crippen molar-refractivity contribution >= 4 is 33.3 Å². The van der Waals surface area contributed by atoms with Gasteiger partial charge in [0, 0.05) is 11.4 Å². The zero-order chi connectivity index (χ0) is 14.9. The average molecular weight is 313 g/mol. The Labute approximate surface area is 122 Å². The van der Waals surface area contributed by atoms with Crippen LogP contribution in [0, 0.1) is 13.8 Å². The number of anilines is 2. The normalized spacial score (nSPS) is 11.3. The lowest BCUT2D eigenvalue weighted by Crippen LogP contribution is -2.15. The fraction of sp³-hybridized carbons (Fsp3) is 0.167. The van der Waals surface area contributed by atoms with Crippen molar-refractivity contribution in [1.29, 1.82) is 0 Å². The van der Waals surface area contributed by atoms with Crippen molar-refractivity contribution in [2.75, 3.05) is 10.5 Å². The Kier molecular flexibility index (Phi) is 3.82. The molecule has 0 aliphatic heterocycles. The average Bonchev–Trinajstić information content (AvgIpc) is 2.30. The van der Waals surface area contributed by atoms with Crippen molar-refractivity contribution in [3.05, 3.63) is 40.7 Å². The first kappa shape index (κ1) is 14.5. The maximum Gasteiger partial charge on any atom is 0.264 e. The number of nitrogens with two attached hydrogens (primary N) is 1. The number of halogens is 1. The first-order chi connectivity index (χ1) is 9.28. The van der Waals surface area contributed by atoms with E-state index in [4.69, 9.17) is 17.3 Å². The molecule has 0 aliphatic carbocycles. The zero-order valence-corrected chi connectivity index (χ0v) is 12.5. The number of nitrogens with zero attached hydrogens (tertiary/aromatic N) is 2. The van der Waals surface area contributed by atoms with Gasteiger partial charge in [-0.15, -0.1) is 0 Å². The third-order valence-electron chi connectivity index (χ3n) is 2.60. The molecular formula is C12H13ClN4O2S. The van der Waals surface area contributed by atoms with E-state index >= 15 is 0 Å². The third-order valence-corrected chi connectivity index (χ3v) is 4.12. The second-order valence-corrected chi connectivity index (χ2v) is 6.35. The molecule has 0 spiro atoms. The summed E-state index contributed by atoms with van der Waals surface area (Å²) in [5.41, 5.74) is 7.44. The van der Waals surface area contributed by atoms with E-state index in [1.54, 1.807) is 13.8 Å². The summed E-state index contributed by atoms with van der Waals surface area (Å²) >= 11 is 5.77. The molecule has 0 radical (unpaired) electrons. The van der Waals surface area contributed by atoms with Crippen molar-refractivity contribution in [2.45, 2.75) is 18.7 Å². The van der Waals surface area contributed by atoms with Crippen LogP contribution >= 0.6 is 11.6 Å². The van der Waals surface area contributed by atoms with Gasteiger partial charge in [0.2, 0.25) is 5.95 Å². The van der Waals surface area contributed by atoms with Crippen LogP contribution in [0.3, 0.4) is 0 Å². The molecular weight excluding hydrogens is 300 g/mol. The highest BCUT2D eigenvalue weighted by Gasteiger charge is 2.17. The lowest BCUT2D eigenvalue weighted by atomic mass is 10.2. The highest BCUT2D eigenvalue weighted by molar-refractivity contribution is 7.92. The number of benzene rings is 1. The van der Waals surface area contributed by atoms with Gasteiger partial charge < -0.3 is 5.73 Å². The van der Waals surface area contributed by atoms with Crippen LogP contribution in [0.1, 0.15) is 11.3 Å². The summed E-state index contributed by atoms with van der Waals surface area (Å²) in [5.74, 6) is -0.0653. The standard InChI is InChI=1S/C12H13ClN4O2S/c1-7-5-9(3-4-10(7)14)20(18,19)17-12-15-8(2)6-11(13)16-12/h3-6H,14H2,1-2H3,(H,15,16,17). The molecule has 106 valence electrons. The Morgan fingerprint density at radius 1 is 1.20 bits per heavy atom. The predicted octanol–water partition coefficient (Wildman–Crippen LogP) is 2.13. The fourth-order valence-electron chi connectivity index (χ4n) is 1.57. The van der Waals surface area contributed by atoms with Crippen LogP contribution in [-0.2, 0) is 10.0 Å². The van der Waals surface area contributed by atoms with Gasteiger partial charge in [-0.05, 0) is 43.7 Å². The summed E-state index contributed by atoms with van der Waals surface area (Å²) in [5, 5.41) is 0.170. The van der Waals surface area contributed by atoms with Gasteiger partial charge in [0.05, 0.1) is 4.90 Å². The first-order valence-electron chi connectivity index (χ1n) is 5.68. The van der Waals surface area contributed by atoms with Crippen molar-refractivity contribution in [1.82, 2.24) is 9.97 Å². The van der Waals surface area contributed by atoms with Gasteiger partial charge in [-0.2, -0.15) is 0 Å². The molecule has 20 heavy (non-hydrogen) atoms. The highest BCUT2D eigenvalue weighted by Crippen LogP contribution is 2.19. The first-order valence-corrected chi connectivity index (χ1v) is 7.54. The number of hydrogen-bond acceptors (Lipinski definition) is 5. The lowest BCUT2D eigenvalue weighted by molar-refractivity contribution is 0.600. The van der Waals surface area contributed by atoms with E-state index in [0.717, 1.165) is 0 Å². The van der Waals surface area contributed by atoms with Crippen LogP contribution in [0.25, 0.3) is 0 Å². The number of nitrogen functional groups attached to an aromatic ring is 1. The molecule has 0 atom stereocenters. The summed E-state index contributed by atoms with van der Waals surface area (Å²) in [4.78, 5) is 7.89. The van der Waals surface area contributed by atoms with E-state index in [9.17, 15) is 8.42 Å². The second-order valence-electron chi connectivity index (χ2n) is 4.28. The quantitative estimate of drug-likeness (QED) is 0.668. The Bertz CT molecular complexity index is 742. The molecule has 0 saturated heterocycles. The van der Waals surface area contributed by atoms with Gasteiger partial charge in [-0.3, -0.25) is 0 Å². The van der Waals surface area contributed by atoms with Crippen LogP contribution in [0.4, 0.5) is 11.6 Å². The Morgan fingerprint density at radius 2 is 1.90 bits per heavy atom. The monoisotopic (exact) mass is 312 g/mol. The van der Waals surface area contributed by atoms with Gasteiger partial charge in [-0.25, -0.2) is 23.1 Å². The largest absolute Gasteiger partial charge is 0.399 e. The van der Waals surface area contributed by atoms with E-state index in [1.165, 1.54) is 24.3 Å². The number of aryl methyl sites for hydroxylation is 2. The van der Waals surface area contributed by atoms with Crippen LogP contribution in [-0.4, -0.2) is 18.4 Å². The second kappa shape index (κ2) is 5.26. The van der Waals surface area contributed by atoms with Crippen LogP contribution in [0.15, 0.2) is 29.2 Å². The third kappa shape index (κ3) is 3.17. The molecule has 1 heterocycles. The predicted molar refractivity (Wildman–Crippen MR) is 78.2 cm³/mol. The van der Waals surface area contributed by atoms with E-state index in [1.807, 2.05) is 0 Å². The van der Waals surface area contributed by atoms with Gasteiger partial charge in [0.15, 0.2) is 0 Å². The molecule has 2 rings (SSSR count). The summed E-state index contributed by atoms with van der Waals surface area (Å²) in [6.07, 6.45) is 0. The topological polar surface area (TPSA) is 98.0 Å². The SMILES string of the molecule is Cc1cc(Cl)nc(NS(=O)(=O)c2ccc(N)c(C)c2)n1. The van der Waals surface area contributed by atoms with E-state index in [2.05, 4.69) is 14.7 Å². The highest BCUT2D eigenvalue weighted by atomic mass is 35.5.